The third-order valence-corrected chi connectivity index (χ3v) is 5.40. The van der Waals surface area contributed by atoms with Crippen molar-refractivity contribution in [3.05, 3.63) is 89.7 Å². The Balaban J connectivity index is 1.95. The van der Waals surface area contributed by atoms with Crippen LogP contribution in [0.1, 0.15) is 23.6 Å². The Morgan fingerprint density at radius 2 is 1.66 bits per heavy atom. The van der Waals surface area contributed by atoms with E-state index in [0.29, 0.717) is 18.0 Å². The van der Waals surface area contributed by atoms with Gasteiger partial charge in [-0.2, -0.15) is 0 Å². The summed E-state index contributed by atoms with van der Waals surface area (Å²) in [7, 11) is 4.83. The van der Waals surface area contributed by atoms with E-state index >= 15 is 0 Å². The highest BCUT2D eigenvalue weighted by atomic mass is 19.1. The van der Waals surface area contributed by atoms with Gasteiger partial charge in [0.2, 0.25) is 5.91 Å². The molecule has 3 rings (SSSR count). The summed E-state index contributed by atoms with van der Waals surface area (Å²) in [5.74, 6) is 0.869. The SMILES string of the molecule is CNC(=O)[C@H](c1ccccc1)N(CCCc1ccc(F)cc1)c1ccc(OC)c(OC)c1. The molecule has 0 aliphatic heterocycles. The molecule has 32 heavy (non-hydrogen) atoms. The van der Waals surface area contributed by atoms with Crippen LogP contribution in [0.25, 0.3) is 0 Å². The normalized spacial score (nSPS) is 11.5. The van der Waals surface area contributed by atoms with Gasteiger partial charge >= 0.3 is 0 Å². The van der Waals surface area contributed by atoms with Crippen molar-refractivity contribution >= 4 is 11.6 Å². The van der Waals surface area contributed by atoms with Crippen molar-refractivity contribution in [2.45, 2.75) is 18.9 Å². The number of anilines is 1. The number of carbonyl (C=O) groups is 1. The second-order valence-corrected chi connectivity index (χ2v) is 7.39. The fraction of sp³-hybridized carbons (Fsp3) is 0.269. The molecule has 0 heterocycles. The van der Waals surface area contributed by atoms with Gasteiger partial charge in [-0.05, 0) is 48.2 Å². The maximum absolute atomic E-state index is 13.2. The minimum absolute atomic E-state index is 0.104. The minimum Gasteiger partial charge on any atom is -0.493 e. The van der Waals surface area contributed by atoms with E-state index < -0.39 is 6.04 Å². The molecule has 0 unspecified atom stereocenters. The first-order valence-electron chi connectivity index (χ1n) is 10.6. The van der Waals surface area contributed by atoms with Gasteiger partial charge in [-0.25, -0.2) is 4.39 Å². The molecule has 0 aromatic heterocycles. The Kier molecular flexibility index (Phi) is 8.08. The third kappa shape index (κ3) is 5.58. The molecule has 3 aromatic rings. The molecule has 1 amide bonds. The van der Waals surface area contributed by atoms with Crippen LogP contribution < -0.4 is 19.7 Å². The summed E-state index contributed by atoms with van der Waals surface area (Å²) in [5.41, 5.74) is 2.79. The summed E-state index contributed by atoms with van der Waals surface area (Å²) < 4.78 is 24.1. The lowest BCUT2D eigenvalue weighted by atomic mass is 10.0. The number of methoxy groups -OCH3 is 2. The van der Waals surface area contributed by atoms with Crippen molar-refractivity contribution < 1.29 is 18.7 Å². The lowest BCUT2D eigenvalue weighted by Crippen LogP contribution is -2.40. The standard InChI is InChI=1S/C26H29FN2O3/c1-28-26(30)25(20-9-5-4-6-10-20)29(17-7-8-19-11-13-21(27)14-12-19)22-15-16-23(31-2)24(18-22)32-3/h4-6,9-16,18,25H,7-8,17H2,1-3H3,(H,28,30)/t25-/m0/s1. The maximum Gasteiger partial charge on any atom is 0.247 e. The Bertz CT molecular complexity index is 1010. The smallest absolute Gasteiger partial charge is 0.247 e. The second-order valence-electron chi connectivity index (χ2n) is 7.39. The number of halogens is 1. The zero-order chi connectivity index (χ0) is 22.9. The molecule has 0 fully saturated rings. The quantitative estimate of drug-likeness (QED) is 0.497. The average Bonchev–Trinajstić information content (AvgIpc) is 2.84. The topological polar surface area (TPSA) is 50.8 Å². The molecule has 5 nitrogen and oxygen atoms in total. The minimum atomic E-state index is -0.521. The van der Waals surface area contributed by atoms with Gasteiger partial charge in [0.05, 0.1) is 14.2 Å². The van der Waals surface area contributed by atoms with Crippen molar-refractivity contribution in [1.82, 2.24) is 5.32 Å². The Labute approximate surface area is 188 Å². The number of hydrogen-bond acceptors (Lipinski definition) is 4. The first-order valence-corrected chi connectivity index (χ1v) is 10.6. The van der Waals surface area contributed by atoms with Crippen LogP contribution in [-0.4, -0.2) is 33.7 Å². The molecule has 0 saturated carbocycles. The van der Waals surface area contributed by atoms with Gasteiger partial charge in [0, 0.05) is 25.3 Å². The van der Waals surface area contributed by atoms with E-state index in [1.54, 1.807) is 33.4 Å². The Morgan fingerprint density at radius 1 is 0.969 bits per heavy atom. The number of likely N-dealkylation sites (N-methyl/N-ethyl adjacent to an activating group) is 1. The molecule has 1 N–H and O–H groups in total. The van der Waals surface area contributed by atoms with Crippen LogP contribution in [-0.2, 0) is 11.2 Å². The van der Waals surface area contributed by atoms with Gasteiger partial charge in [-0.3, -0.25) is 4.79 Å². The predicted molar refractivity (Wildman–Crippen MR) is 125 cm³/mol. The lowest BCUT2D eigenvalue weighted by molar-refractivity contribution is -0.122. The van der Waals surface area contributed by atoms with E-state index in [-0.39, 0.29) is 11.7 Å². The summed E-state index contributed by atoms with van der Waals surface area (Å²) in [6.07, 6.45) is 1.54. The number of hydrogen-bond donors (Lipinski definition) is 1. The Morgan fingerprint density at radius 3 is 2.28 bits per heavy atom. The largest absolute Gasteiger partial charge is 0.493 e. The van der Waals surface area contributed by atoms with Gasteiger partial charge < -0.3 is 19.7 Å². The van der Waals surface area contributed by atoms with Gasteiger partial charge in [0.25, 0.3) is 0 Å². The monoisotopic (exact) mass is 436 g/mol. The zero-order valence-electron chi connectivity index (χ0n) is 18.7. The lowest BCUT2D eigenvalue weighted by Gasteiger charge is -2.33. The number of carbonyl (C=O) groups excluding carboxylic acids is 1. The number of rotatable bonds is 10. The summed E-state index contributed by atoms with van der Waals surface area (Å²) >= 11 is 0. The summed E-state index contributed by atoms with van der Waals surface area (Å²) in [4.78, 5) is 15.1. The van der Waals surface area contributed by atoms with Crippen LogP contribution in [0.5, 0.6) is 11.5 Å². The van der Waals surface area contributed by atoms with Crippen LogP contribution in [0, 0.1) is 5.82 Å². The molecule has 0 radical (unpaired) electrons. The number of ether oxygens (including phenoxy) is 2. The molecule has 6 heteroatoms. The van der Waals surface area contributed by atoms with E-state index in [1.165, 1.54) is 12.1 Å². The first-order chi connectivity index (χ1) is 15.6. The first kappa shape index (κ1) is 23.1. The summed E-state index contributed by atoms with van der Waals surface area (Å²) in [6.45, 7) is 0.611. The van der Waals surface area contributed by atoms with E-state index in [0.717, 1.165) is 29.7 Å². The van der Waals surface area contributed by atoms with Crippen LogP contribution in [0.2, 0.25) is 0 Å². The molecule has 0 aliphatic carbocycles. The molecule has 168 valence electrons. The van der Waals surface area contributed by atoms with Crippen LogP contribution in [0.15, 0.2) is 72.8 Å². The molecule has 0 saturated heterocycles. The van der Waals surface area contributed by atoms with Crippen molar-refractivity contribution in [1.29, 1.82) is 0 Å². The van der Waals surface area contributed by atoms with Crippen molar-refractivity contribution in [2.24, 2.45) is 0 Å². The predicted octanol–water partition coefficient (Wildman–Crippen LogP) is 4.77. The number of aryl methyl sites for hydroxylation is 1. The number of nitrogens with one attached hydrogen (secondary N) is 1. The number of nitrogens with zero attached hydrogens (tertiary/aromatic N) is 1. The van der Waals surface area contributed by atoms with Gasteiger partial charge in [0.1, 0.15) is 11.9 Å². The number of benzene rings is 3. The van der Waals surface area contributed by atoms with Crippen LogP contribution in [0.3, 0.4) is 0 Å². The molecule has 0 aliphatic rings. The summed E-state index contributed by atoms with van der Waals surface area (Å²) in [6, 6.07) is 21.4. The van der Waals surface area contributed by atoms with Crippen LogP contribution >= 0.6 is 0 Å². The van der Waals surface area contributed by atoms with E-state index in [9.17, 15) is 9.18 Å². The molecule has 1 atom stereocenters. The fourth-order valence-corrected chi connectivity index (χ4v) is 3.76. The van der Waals surface area contributed by atoms with Crippen LogP contribution in [0.4, 0.5) is 10.1 Å². The third-order valence-electron chi connectivity index (χ3n) is 5.40. The molecule has 3 aromatic carbocycles. The highest BCUT2D eigenvalue weighted by molar-refractivity contribution is 5.86. The van der Waals surface area contributed by atoms with E-state index in [4.69, 9.17) is 9.47 Å². The van der Waals surface area contributed by atoms with Crippen molar-refractivity contribution in [3.8, 4) is 11.5 Å². The van der Waals surface area contributed by atoms with Gasteiger partial charge in [-0.15, -0.1) is 0 Å². The van der Waals surface area contributed by atoms with Gasteiger partial charge in [-0.1, -0.05) is 42.5 Å². The van der Waals surface area contributed by atoms with E-state index in [2.05, 4.69) is 10.2 Å². The molecular weight excluding hydrogens is 407 g/mol. The molecule has 0 bridgehead atoms. The molecular formula is C26H29FN2O3. The van der Waals surface area contributed by atoms with Gasteiger partial charge in [0.15, 0.2) is 11.5 Å². The number of amides is 1. The van der Waals surface area contributed by atoms with E-state index in [1.807, 2.05) is 48.5 Å². The summed E-state index contributed by atoms with van der Waals surface area (Å²) in [5, 5.41) is 2.80. The van der Waals surface area contributed by atoms with Crippen molar-refractivity contribution in [3.63, 3.8) is 0 Å². The zero-order valence-corrected chi connectivity index (χ0v) is 18.7. The highest BCUT2D eigenvalue weighted by Crippen LogP contribution is 2.35. The second kappa shape index (κ2) is 11.2. The molecule has 0 spiro atoms. The highest BCUT2D eigenvalue weighted by Gasteiger charge is 2.28. The average molecular weight is 437 g/mol. The maximum atomic E-state index is 13.2. The Hall–Kier alpha value is -3.54. The fourth-order valence-electron chi connectivity index (χ4n) is 3.76. The van der Waals surface area contributed by atoms with Crippen molar-refractivity contribution in [2.75, 3.05) is 32.7 Å².